The number of thiocarbonyl (C=S) groups is 1. The van der Waals surface area contributed by atoms with E-state index in [-0.39, 0.29) is 5.97 Å². The molecule has 2 heterocycles. The number of rotatable bonds is 5. The van der Waals surface area contributed by atoms with E-state index in [1.807, 2.05) is 49.4 Å². The number of pyridine rings is 1. The number of anilines is 2. The minimum atomic E-state index is -0.366. The lowest BCUT2D eigenvalue weighted by Crippen LogP contribution is -2.20. The summed E-state index contributed by atoms with van der Waals surface area (Å²) in [5.74, 6) is -0.366. The molecule has 0 atom stereocenters. The van der Waals surface area contributed by atoms with Crippen molar-refractivity contribution in [2.24, 2.45) is 0 Å². The lowest BCUT2D eigenvalue weighted by molar-refractivity contribution is 0.0529. The first-order valence-electron chi connectivity index (χ1n) is 8.44. The second-order valence-corrected chi connectivity index (χ2v) is 7.27. The highest BCUT2D eigenvalue weighted by atomic mass is 32.1. The molecule has 3 rings (SSSR count). The average molecular weight is 398 g/mol. The number of nitrogens with one attached hydrogen (secondary N) is 2. The SMILES string of the molecule is CCOC(=O)c1c(NC(=S)Nc2ccncc2)sc(C)c1-c1ccccc1. The molecule has 0 fully saturated rings. The zero-order valence-electron chi connectivity index (χ0n) is 15.0. The molecule has 0 aliphatic heterocycles. The van der Waals surface area contributed by atoms with E-state index >= 15 is 0 Å². The first-order valence-corrected chi connectivity index (χ1v) is 9.66. The van der Waals surface area contributed by atoms with Crippen molar-refractivity contribution in [3.05, 3.63) is 65.3 Å². The summed E-state index contributed by atoms with van der Waals surface area (Å²) in [6.45, 7) is 4.09. The summed E-state index contributed by atoms with van der Waals surface area (Å²) in [6.07, 6.45) is 3.36. The van der Waals surface area contributed by atoms with Crippen LogP contribution >= 0.6 is 23.6 Å². The van der Waals surface area contributed by atoms with E-state index in [2.05, 4.69) is 15.6 Å². The highest BCUT2D eigenvalue weighted by Gasteiger charge is 2.24. The van der Waals surface area contributed by atoms with E-state index in [1.165, 1.54) is 11.3 Å². The fraction of sp³-hybridized carbons (Fsp3) is 0.150. The first-order chi connectivity index (χ1) is 13.1. The Morgan fingerprint density at radius 2 is 1.85 bits per heavy atom. The molecule has 2 N–H and O–H groups in total. The molecule has 7 heteroatoms. The van der Waals surface area contributed by atoms with Gasteiger partial charge in [-0.2, -0.15) is 0 Å². The van der Waals surface area contributed by atoms with Crippen molar-refractivity contribution >= 4 is 45.3 Å². The molecule has 0 aliphatic rings. The molecule has 0 unspecified atom stereocenters. The van der Waals surface area contributed by atoms with Crippen LogP contribution in [0.4, 0.5) is 10.7 Å². The minimum Gasteiger partial charge on any atom is -0.462 e. The Bertz CT molecular complexity index is 941. The Balaban J connectivity index is 1.95. The molecule has 0 saturated heterocycles. The van der Waals surface area contributed by atoms with Crippen LogP contribution in [0.25, 0.3) is 11.1 Å². The highest BCUT2D eigenvalue weighted by Crippen LogP contribution is 2.40. The van der Waals surface area contributed by atoms with Crippen molar-refractivity contribution in [3.63, 3.8) is 0 Å². The van der Waals surface area contributed by atoms with Gasteiger partial charge in [0.2, 0.25) is 0 Å². The van der Waals surface area contributed by atoms with Crippen LogP contribution in [0.5, 0.6) is 0 Å². The largest absolute Gasteiger partial charge is 0.462 e. The number of carbonyl (C=O) groups is 1. The summed E-state index contributed by atoms with van der Waals surface area (Å²) in [4.78, 5) is 17.7. The number of esters is 1. The number of carbonyl (C=O) groups excluding carboxylic acids is 1. The molecular weight excluding hydrogens is 378 g/mol. The van der Waals surface area contributed by atoms with Crippen LogP contribution in [-0.4, -0.2) is 22.7 Å². The molecular formula is C20H19N3O2S2. The third-order valence-electron chi connectivity index (χ3n) is 3.79. The lowest BCUT2D eigenvalue weighted by Gasteiger charge is -2.11. The Labute approximate surface area is 167 Å². The minimum absolute atomic E-state index is 0.307. The van der Waals surface area contributed by atoms with Gasteiger partial charge in [0.05, 0.1) is 6.61 Å². The van der Waals surface area contributed by atoms with Crippen LogP contribution in [0.3, 0.4) is 0 Å². The molecule has 5 nitrogen and oxygen atoms in total. The molecule has 27 heavy (non-hydrogen) atoms. The van der Waals surface area contributed by atoms with Gasteiger partial charge in [0, 0.05) is 28.5 Å². The Morgan fingerprint density at radius 1 is 1.15 bits per heavy atom. The number of benzene rings is 1. The number of aromatic nitrogens is 1. The average Bonchev–Trinajstić information content (AvgIpc) is 2.99. The molecule has 0 spiro atoms. The fourth-order valence-electron chi connectivity index (χ4n) is 2.68. The van der Waals surface area contributed by atoms with E-state index < -0.39 is 0 Å². The maximum absolute atomic E-state index is 12.7. The van der Waals surface area contributed by atoms with Crippen molar-refractivity contribution in [2.45, 2.75) is 13.8 Å². The topological polar surface area (TPSA) is 63.2 Å². The normalized spacial score (nSPS) is 10.3. The van der Waals surface area contributed by atoms with E-state index in [0.717, 1.165) is 21.7 Å². The fourth-order valence-corrected chi connectivity index (χ4v) is 4.04. The van der Waals surface area contributed by atoms with Crippen LogP contribution < -0.4 is 10.6 Å². The van der Waals surface area contributed by atoms with Gasteiger partial charge in [0.1, 0.15) is 10.6 Å². The quantitative estimate of drug-likeness (QED) is 0.461. The summed E-state index contributed by atoms with van der Waals surface area (Å²) in [7, 11) is 0. The molecule has 0 amide bonds. The molecule has 0 bridgehead atoms. The third kappa shape index (κ3) is 4.50. The van der Waals surface area contributed by atoms with Crippen LogP contribution in [0.1, 0.15) is 22.2 Å². The molecule has 2 aromatic heterocycles. The summed E-state index contributed by atoms with van der Waals surface area (Å²) in [6, 6.07) is 13.4. The van der Waals surface area contributed by atoms with E-state index in [0.29, 0.717) is 22.3 Å². The van der Waals surface area contributed by atoms with Gasteiger partial charge in [-0.05, 0) is 43.8 Å². The Kier molecular flexibility index (Phi) is 6.16. The van der Waals surface area contributed by atoms with E-state index in [1.54, 1.807) is 19.3 Å². The predicted molar refractivity (Wildman–Crippen MR) is 115 cm³/mol. The summed E-state index contributed by atoms with van der Waals surface area (Å²) in [5, 5.41) is 7.30. The second-order valence-electron chi connectivity index (χ2n) is 5.64. The standard InChI is InChI=1S/C20H19N3O2S2/c1-3-25-19(24)17-16(14-7-5-4-6-8-14)13(2)27-18(17)23-20(26)22-15-9-11-21-12-10-15/h4-12H,3H2,1-2H3,(H2,21,22,23,26). The second kappa shape index (κ2) is 8.75. The number of aryl methyl sites for hydroxylation is 1. The van der Waals surface area contributed by atoms with Crippen molar-refractivity contribution < 1.29 is 9.53 Å². The summed E-state index contributed by atoms with van der Waals surface area (Å²) in [5.41, 5.74) is 3.16. The Hall–Kier alpha value is -2.77. The number of thiophene rings is 1. The van der Waals surface area contributed by atoms with Gasteiger partial charge in [0.15, 0.2) is 5.11 Å². The summed E-state index contributed by atoms with van der Waals surface area (Å²) >= 11 is 6.89. The predicted octanol–water partition coefficient (Wildman–Crippen LogP) is 5.10. The zero-order valence-corrected chi connectivity index (χ0v) is 16.6. The number of ether oxygens (including phenoxy) is 1. The molecule has 138 valence electrons. The van der Waals surface area contributed by atoms with Gasteiger partial charge >= 0.3 is 5.97 Å². The third-order valence-corrected chi connectivity index (χ3v) is 5.02. The van der Waals surface area contributed by atoms with Gasteiger partial charge in [-0.15, -0.1) is 11.3 Å². The van der Waals surface area contributed by atoms with Gasteiger partial charge in [0.25, 0.3) is 0 Å². The van der Waals surface area contributed by atoms with Gasteiger partial charge in [-0.1, -0.05) is 30.3 Å². The van der Waals surface area contributed by atoms with Crippen molar-refractivity contribution in [1.29, 1.82) is 0 Å². The molecule has 1 aromatic carbocycles. The van der Waals surface area contributed by atoms with Crippen LogP contribution in [0, 0.1) is 6.92 Å². The van der Waals surface area contributed by atoms with Crippen LogP contribution in [0.15, 0.2) is 54.9 Å². The van der Waals surface area contributed by atoms with Crippen molar-refractivity contribution in [2.75, 3.05) is 17.2 Å². The molecule has 0 radical (unpaired) electrons. The molecule has 3 aromatic rings. The number of hydrogen-bond donors (Lipinski definition) is 2. The maximum Gasteiger partial charge on any atom is 0.341 e. The van der Waals surface area contributed by atoms with Crippen molar-refractivity contribution in [1.82, 2.24) is 4.98 Å². The summed E-state index contributed by atoms with van der Waals surface area (Å²) < 4.78 is 5.30. The first kappa shape index (κ1) is 19.0. The van der Waals surface area contributed by atoms with E-state index in [9.17, 15) is 4.79 Å². The lowest BCUT2D eigenvalue weighted by atomic mass is 10.0. The Morgan fingerprint density at radius 3 is 2.52 bits per heavy atom. The van der Waals surface area contributed by atoms with Gasteiger partial charge < -0.3 is 15.4 Å². The van der Waals surface area contributed by atoms with Crippen LogP contribution in [0.2, 0.25) is 0 Å². The smallest absolute Gasteiger partial charge is 0.341 e. The molecule has 0 aliphatic carbocycles. The number of nitrogens with zero attached hydrogens (tertiary/aromatic N) is 1. The van der Waals surface area contributed by atoms with Crippen molar-refractivity contribution in [3.8, 4) is 11.1 Å². The van der Waals surface area contributed by atoms with Crippen LogP contribution in [-0.2, 0) is 4.74 Å². The maximum atomic E-state index is 12.7. The van der Waals surface area contributed by atoms with Gasteiger partial charge in [-0.25, -0.2) is 4.79 Å². The van der Waals surface area contributed by atoms with Gasteiger partial charge in [-0.3, -0.25) is 4.98 Å². The monoisotopic (exact) mass is 397 g/mol. The highest BCUT2D eigenvalue weighted by molar-refractivity contribution is 7.80. The zero-order chi connectivity index (χ0) is 19.2. The van der Waals surface area contributed by atoms with E-state index in [4.69, 9.17) is 17.0 Å². The molecule has 0 saturated carbocycles. The number of hydrogen-bond acceptors (Lipinski definition) is 5.